The number of benzene rings is 2. The van der Waals surface area contributed by atoms with Crippen LogP contribution in [0.15, 0.2) is 53.4 Å². The average molecular weight is 476 g/mol. The van der Waals surface area contributed by atoms with Crippen molar-refractivity contribution in [3.8, 4) is 17.2 Å². The standard InChI is InChI=1S/C22H18F2N2O6S/c23-21(24)31-14-7-5-13(6-8-14)11-18-20(28)26(22(29)33-18)10-9-25-19(27)17-12-30-15-3-1-2-4-16(15)32-17/h1-8,11,17,21H,9-10,12H2,(H,25,27)/b18-11+/t17-/m0/s1. The summed E-state index contributed by atoms with van der Waals surface area (Å²) in [5.74, 6) is 0.0920. The minimum absolute atomic E-state index is 0.0122. The van der Waals surface area contributed by atoms with Gasteiger partial charge in [-0.3, -0.25) is 19.3 Å². The van der Waals surface area contributed by atoms with Gasteiger partial charge in [0.1, 0.15) is 12.4 Å². The number of para-hydroxylation sites is 2. The molecule has 11 heteroatoms. The summed E-state index contributed by atoms with van der Waals surface area (Å²) < 4.78 is 39.9. The molecule has 1 saturated heterocycles. The molecule has 0 spiro atoms. The second kappa shape index (κ2) is 9.90. The van der Waals surface area contributed by atoms with Gasteiger partial charge in [0.15, 0.2) is 11.5 Å². The molecular weight excluding hydrogens is 458 g/mol. The van der Waals surface area contributed by atoms with Gasteiger partial charge in [0, 0.05) is 13.1 Å². The molecule has 2 aromatic rings. The summed E-state index contributed by atoms with van der Waals surface area (Å²) in [4.78, 5) is 38.4. The van der Waals surface area contributed by atoms with Crippen LogP contribution in [0, 0.1) is 0 Å². The number of carbonyl (C=O) groups excluding carboxylic acids is 3. The zero-order valence-electron chi connectivity index (χ0n) is 17.0. The van der Waals surface area contributed by atoms with Gasteiger partial charge in [0.25, 0.3) is 17.1 Å². The number of amides is 3. The van der Waals surface area contributed by atoms with Gasteiger partial charge in [-0.15, -0.1) is 0 Å². The smallest absolute Gasteiger partial charge is 0.387 e. The van der Waals surface area contributed by atoms with E-state index in [9.17, 15) is 23.2 Å². The highest BCUT2D eigenvalue weighted by Gasteiger charge is 2.35. The Labute approximate surface area is 191 Å². The van der Waals surface area contributed by atoms with Crippen molar-refractivity contribution in [2.24, 2.45) is 0 Å². The van der Waals surface area contributed by atoms with Crippen molar-refractivity contribution in [3.63, 3.8) is 0 Å². The van der Waals surface area contributed by atoms with E-state index in [1.807, 2.05) is 0 Å². The lowest BCUT2D eigenvalue weighted by Crippen LogP contribution is -2.46. The first-order chi connectivity index (χ1) is 15.9. The van der Waals surface area contributed by atoms with Crippen LogP contribution in [0.1, 0.15) is 5.56 Å². The molecule has 0 saturated carbocycles. The summed E-state index contributed by atoms with van der Waals surface area (Å²) in [7, 11) is 0. The summed E-state index contributed by atoms with van der Waals surface area (Å²) in [6.45, 7) is -2.85. The fourth-order valence-corrected chi connectivity index (χ4v) is 4.01. The minimum Gasteiger partial charge on any atom is -0.485 e. The first-order valence-electron chi connectivity index (χ1n) is 9.87. The maximum absolute atomic E-state index is 12.6. The van der Waals surface area contributed by atoms with Crippen molar-refractivity contribution < 1.29 is 37.4 Å². The molecule has 172 valence electrons. The van der Waals surface area contributed by atoms with Crippen LogP contribution >= 0.6 is 11.8 Å². The van der Waals surface area contributed by atoms with E-state index in [0.29, 0.717) is 17.1 Å². The zero-order chi connectivity index (χ0) is 23.4. The van der Waals surface area contributed by atoms with Crippen LogP contribution in [-0.2, 0) is 9.59 Å². The summed E-state index contributed by atoms with van der Waals surface area (Å²) >= 11 is 0.761. The molecule has 3 amide bonds. The third kappa shape index (κ3) is 5.43. The van der Waals surface area contributed by atoms with Crippen molar-refractivity contribution in [1.29, 1.82) is 0 Å². The van der Waals surface area contributed by atoms with E-state index >= 15 is 0 Å². The molecule has 0 unspecified atom stereocenters. The van der Waals surface area contributed by atoms with Crippen LogP contribution < -0.4 is 19.5 Å². The van der Waals surface area contributed by atoms with Crippen LogP contribution in [0.5, 0.6) is 17.2 Å². The lowest BCUT2D eigenvalue weighted by molar-refractivity contribution is -0.131. The summed E-state index contributed by atoms with van der Waals surface area (Å²) in [6.07, 6.45) is 0.645. The van der Waals surface area contributed by atoms with E-state index in [2.05, 4.69) is 10.1 Å². The van der Waals surface area contributed by atoms with Gasteiger partial charge in [-0.2, -0.15) is 8.78 Å². The van der Waals surface area contributed by atoms with Crippen LogP contribution in [0.25, 0.3) is 6.08 Å². The number of halogens is 2. The fourth-order valence-electron chi connectivity index (χ4n) is 3.14. The summed E-state index contributed by atoms with van der Waals surface area (Å²) in [5.41, 5.74) is 0.546. The second-order valence-electron chi connectivity index (χ2n) is 6.94. The molecule has 4 rings (SSSR count). The molecule has 2 aromatic carbocycles. The number of ether oxygens (including phenoxy) is 3. The highest BCUT2D eigenvalue weighted by atomic mass is 32.2. The van der Waals surface area contributed by atoms with Gasteiger partial charge in [0.2, 0.25) is 6.10 Å². The molecular formula is C22H18F2N2O6S. The van der Waals surface area contributed by atoms with E-state index in [0.717, 1.165) is 16.7 Å². The lowest BCUT2D eigenvalue weighted by atomic mass is 10.2. The monoisotopic (exact) mass is 476 g/mol. The fraction of sp³-hybridized carbons (Fsp3) is 0.227. The summed E-state index contributed by atoms with van der Waals surface area (Å²) in [6, 6.07) is 12.7. The maximum atomic E-state index is 12.6. The van der Waals surface area contributed by atoms with Gasteiger partial charge >= 0.3 is 6.61 Å². The number of thioether (sulfide) groups is 1. The predicted molar refractivity (Wildman–Crippen MR) is 115 cm³/mol. The first-order valence-corrected chi connectivity index (χ1v) is 10.7. The van der Waals surface area contributed by atoms with Gasteiger partial charge < -0.3 is 19.5 Å². The Kier molecular flexibility index (Phi) is 6.78. The van der Waals surface area contributed by atoms with Crippen molar-refractivity contribution in [3.05, 3.63) is 59.0 Å². The molecule has 33 heavy (non-hydrogen) atoms. The zero-order valence-corrected chi connectivity index (χ0v) is 17.8. The number of hydrogen-bond acceptors (Lipinski definition) is 7. The Morgan fingerprint density at radius 2 is 1.91 bits per heavy atom. The third-order valence-electron chi connectivity index (χ3n) is 4.71. The largest absolute Gasteiger partial charge is 0.485 e. The van der Waals surface area contributed by atoms with Crippen molar-refractivity contribution >= 4 is 34.9 Å². The number of carbonyl (C=O) groups is 3. The van der Waals surface area contributed by atoms with E-state index in [1.165, 1.54) is 30.3 Å². The van der Waals surface area contributed by atoms with Crippen LogP contribution in [0.4, 0.5) is 13.6 Å². The molecule has 0 radical (unpaired) electrons. The topological polar surface area (TPSA) is 94.2 Å². The Morgan fingerprint density at radius 3 is 2.64 bits per heavy atom. The number of rotatable bonds is 7. The predicted octanol–water partition coefficient (Wildman–Crippen LogP) is 3.28. The van der Waals surface area contributed by atoms with Crippen LogP contribution in [0.3, 0.4) is 0 Å². The van der Waals surface area contributed by atoms with Crippen molar-refractivity contribution in [2.75, 3.05) is 19.7 Å². The Morgan fingerprint density at radius 1 is 1.18 bits per heavy atom. The third-order valence-corrected chi connectivity index (χ3v) is 5.62. The number of nitrogens with one attached hydrogen (secondary N) is 1. The number of imide groups is 1. The average Bonchev–Trinajstić information content (AvgIpc) is 3.07. The number of fused-ring (bicyclic) bond motifs is 1. The minimum atomic E-state index is -2.93. The first kappa shape index (κ1) is 22.6. The van der Waals surface area contributed by atoms with Crippen molar-refractivity contribution in [2.45, 2.75) is 12.7 Å². The van der Waals surface area contributed by atoms with Gasteiger partial charge in [-0.05, 0) is 47.7 Å². The number of hydrogen-bond donors (Lipinski definition) is 1. The second-order valence-corrected chi connectivity index (χ2v) is 7.93. The van der Waals surface area contributed by atoms with E-state index in [4.69, 9.17) is 9.47 Å². The van der Waals surface area contributed by atoms with Gasteiger partial charge in [-0.1, -0.05) is 24.3 Å². The molecule has 1 atom stereocenters. The lowest BCUT2D eigenvalue weighted by Gasteiger charge is -2.25. The summed E-state index contributed by atoms with van der Waals surface area (Å²) in [5, 5.41) is 2.18. The normalized spacial score (nSPS) is 18.7. The Hall–Kier alpha value is -3.60. The van der Waals surface area contributed by atoms with Crippen LogP contribution in [0.2, 0.25) is 0 Å². The maximum Gasteiger partial charge on any atom is 0.387 e. The van der Waals surface area contributed by atoms with E-state index in [-0.39, 0.29) is 30.4 Å². The number of alkyl halides is 2. The SMILES string of the molecule is O=C(NCCN1C(=O)S/C(=C/c2ccc(OC(F)F)cc2)C1=O)[C@@H]1COc2ccccc2O1. The van der Waals surface area contributed by atoms with Gasteiger partial charge in [-0.25, -0.2) is 0 Å². The molecule has 1 N–H and O–H groups in total. The molecule has 0 bridgehead atoms. The van der Waals surface area contributed by atoms with E-state index < -0.39 is 29.8 Å². The van der Waals surface area contributed by atoms with E-state index in [1.54, 1.807) is 24.3 Å². The van der Waals surface area contributed by atoms with Crippen molar-refractivity contribution in [1.82, 2.24) is 10.2 Å². The molecule has 8 nitrogen and oxygen atoms in total. The molecule has 0 aromatic heterocycles. The van der Waals surface area contributed by atoms with Gasteiger partial charge in [0.05, 0.1) is 4.91 Å². The molecule has 2 heterocycles. The Bertz CT molecular complexity index is 1090. The molecule has 1 fully saturated rings. The highest BCUT2D eigenvalue weighted by molar-refractivity contribution is 8.18. The Balaban J connectivity index is 1.29. The highest BCUT2D eigenvalue weighted by Crippen LogP contribution is 2.33. The molecule has 2 aliphatic heterocycles. The number of nitrogens with zero attached hydrogens (tertiary/aromatic N) is 1. The molecule has 0 aliphatic carbocycles. The quantitative estimate of drug-likeness (QED) is 0.613. The van der Waals surface area contributed by atoms with Crippen LogP contribution in [-0.4, -0.2) is 54.4 Å². The molecule has 2 aliphatic rings.